The van der Waals surface area contributed by atoms with Gasteiger partial charge < -0.3 is 4.42 Å². The molecule has 0 saturated carbocycles. The van der Waals surface area contributed by atoms with Gasteiger partial charge in [-0.05, 0) is 12.1 Å². The molecule has 0 aromatic carbocycles. The fourth-order valence-electron chi connectivity index (χ4n) is 1.92. The highest BCUT2D eigenvalue weighted by Gasteiger charge is 2.10. The van der Waals surface area contributed by atoms with Crippen molar-refractivity contribution in [2.24, 2.45) is 0 Å². The minimum atomic E-state index is 0.512. The molecule has 0 unspecified atom stereocenters. The van der Waals surface area contributed by atoms with E-state index < -0.39 is 0 Å². The van der Waals surface area contributed by atoms with Crippen LogP contribution in [-0.2, 0) is 0 Å². The Bertz CT molecular complexity index is 847. The molecule has 4 heterocycles. The predicted molar refractivity (Wildman–Crippen MR) is 62.4 cm³/mol. The second-order valence-electron chi connectivity index (χ2n) is 3.72. The van der Waals surface area contributed by atoms with E-state index in [0.717, 1.165) is 21.8 Å². The second kappa shape index (κ2) is 2.98. The zero-order valence-corrected chi connectivity index (χ0v) is 8.66. The minimum Gasteiger partial charge on any atom is -0.418 e. The van der Waals surface area contributed by atoms with Gasteiger partial charge in [0.15, 0.2) is 0 Å². The van der Waals surface area contributed by atoms with Gasteiger partial charge in [-0.15, -0.1) is 0 Å². The van der Waals surface area contributed by atoms with Crippen molar-refractivity contribution < 1.29 is 4.42 Å². The normalized spacial score (nSPS) is 11.5. The molecule has 0 N–H and O–H groups in total. The molecular formula is C12H6N4O. The van der Waals surface area contributed by atoms with Gasteiger partial charge in [0.2, 0.25) is 11.4 Å². The Morgan fingerprint density at radius 3 is 2.94 bits per heavy atom. The fraction of sp³-hybridized carbons (Fsp3) is 0. The number of hydrogen-bond acceptors (Lipinski definition) is 5. The lowest BCUT2D eigenvalue weighted by molar-refractivity contribution is 0.641. The first-order chi connectivity index (χ1) is 8.42. The number of rotatable bonds is 0. The van der Waals surface area contributed by atoms with E-state index in [1.165, 1.54) is 0 Å². The number of furan rings is 1. The molecule has 4 rings (SSSR count). The minimum absolute atomic E-state index is 0.512. The van der Waals surface area contributed by atoms with Crippen molar-refractivity contribution in [3.05, 3.63) is 36.9 Å². The molecule has 17 heavy (non-hydrogen) atoms. The first-order valence-corrected chi connectivity index (χ1v) is 5.16. The Morgan fingerprint density at radius 2 is 1.94 bits per heavy atom. The van der Waals surface area contributed by atoms with Crippen LogP contribution in [0, 0.1) is 0 Å². The summed E-state index contributed by atoms with van der Waals surface area (Å²) in [6, 6.07) is 3.83. The molecule has 0 bridgehead atoms. The van der Waals surface area contributed by atoms with Crippen LogP contribution >= 0.6 is 0 Å². The largest absolute Gasteiger partial charge is 0.418 e. The van der Waals surface area contributed by atoms with Crippen LogP contribution in [0.25, 0.3) is 33.2 Å². The van der Waals surface area contributed by atoms with Gasteiger partial charge in [-0.2, -0.15) is 0 Å². The Morgan fingerprint density at radius 1 is 1.00 bits per heavy atom. The molecule has 0 amide bonds. The van der Waals surface area contributed by atoms with Crippen molar-refractivity contribution >= 4 is 33.2 Å². The van der Waals surface area contributed by atoms with Crippen LogP contribution < -0.4 is 0 Å². The molecule has 0 spiro atoms. The van der Waals surface area contributed by atoms with Crippen molar-refractivity contribution in [3.63, 3.8) is 0 Å². The van der Waals surface area contributed by atoms with Crippen LogP contribution in [0.15, 0.2) is 41.3 Å². The van der Waals surface area contributed by atoms with Crippen LogP contribution in [0.1, 0.15) is 0 Å². The zero-order chi connectivity index (χ0) is 11.2. The molecule has 80 valence electrons. The van der Waals surface area contributed by atoms with Crippen LogP contribution in [-0.4, -0.2) is 19.9 Å². The summed E-state index contributed by atoms with van der Waals surface area (Å²) >= 11 is 0. The third-order valence-electron chi connectivity index (χ3n) is 2.69. The quantitative estimate of drug-likeness (QED) is 0.456. The molecule has 0 fully saturated rings. The summed E-state index contributed by atoms with van der Waals surface area (Å²) in [5.74, 6) is 0. The SMILES string of the molecule is c1cc2nc3oc4nccnc4c3cc2cn1. The Balaban J connectivity index is 2.28. The second-order valence-corrected chi connectivity index (χ2v) is 3.72. The van der Waals surface area contributed by atoms with Crippen LogP contribution in [0.4, 0.5) is 0 Å². The summed E-state index contributed by atoms with van der Waals surface area (Å²) in [4.78, 5) is 16.9. The molecular weight excluding hydrogens is 216 g/mol. The summed E-state index contributed by atoms with van der Waals surface area (Å²) in [6.07, 6.45) is 6.73. The van der Waals surface area contributed by atoms with Crippen LogP contribution in [0.3, 0.4) is 0 Å². The van der Waals surface area contributed by atoms with E-state index in [0.29, 0.717) is 11.4 Å². The van der Waals surface area contributed by atoms with E-state index in [9.17, 15) is 0 Å². The van der Waals surface area contributed by atoms with Crippen molar-refractivity contribution in [1.82, 2.24) is 19.9 Å². The number of pyridine rings is 2. The molecule has 0 aliphatic carbocycles. The van der Waals surface area contributed by atoms with Gasteiger partial charge in [0, 0.05) is 30.2 Å². The molecule has 4 aromatic rings. The third-order valence-corrected chi connectivity index (χ3v) is 2.69. The highest BCUT2D eigenvalue weighted by molar-refractivity contribution is 6.03. The molecule has 0 atom stereocenters. The van der Waals surface area contributed by atoms with Crippen molar-refractivity contribution in [1.29, 1.82) is 0 Å². The van der Waals surface area contributed by atoms with Crippen LogP contribution in [0.5, 0.6) is 0 Å². The maximum absolute atomic E-state index is 5.56. The standard InChI is InChI=1S/C12H6N4O/c1-2-13-6-7-5-8-10-12(15-4-3-14-10)17-11(8)16-9(1)7/h1-6H. The van der Waals surface area contributed by atoms with Gasteiger partial charge in [0.1, 0.15) is 5.52 Å². The highest BCUT2D eigenvalue weighted by atomic mass is 16.3. The topological polar surface area (TPSA) is 64.7 Å². The van der Waals surface area contributed by atoms with E-state index in [1.807, 2.05) is 12.1 Å². The summed E-state index contributed by atoms with van der Waals surface area (Å²) in [6.45, 7) is 0. The lowest BCUT2D eigenvalue weighted by atomic mass is 10.2. The fourth-order valence-corrected chi connectivity index (χ4v) is 1.92. The molecule has 0 aliphatic heterocycles. The first-order valence-electron chi connectivity index (χ1n) is 5.16. The first kappa shape index (κ1) is 8.58. The summed E-state index contributed by atoms with van der Waals surface area (Å²) in [5, 5.41) is 1.84. The van der Waals surface area contributed by atoms with E-state index in [1.54, 1.807) is 24.8 Å². The smallest absolute Gasteiger partial charge is 0.248 e. The summed E-state index contributed by atoms with van der Waals surface area (Å²) in [7, 11) is 0. The maximum Gasteiger partial charge on any atom is 0.248 e. The zero-order valence-electron chi connectivity index (χ0n) is 8.66. The van der Waals surface area contributed by atoms with Gasteiger partial charge in [0.25, 0.3) is 0 Å². The third kappa shape index (κ3) is 1.13. The molecule has 0 aliphatic rings. The highest BCUT2D eigenvalue weighted by Crippen LogP contribution is 2.26. The van der Waals surface area contributed by atoms with E-state index >= 15 is 0 Å². The molecule has 5 nitrogen and oxygen atoms in total. The lowest BCUT2D eigenvalue weighted by Gasteiger charge is -1.94. The number of hydrogen-bond donors (Lipinski definition) is 0. The van der Waals surface area contributed by atoms with Gasteiger partial charge in [-0.1, -0.05) is 0 Å². The van der Waals surface area contributed by atoms with Gasteiger partial charge in [-0.25, -0.2) is 15.0 Å². The predicted octanol–water partition coefficient (Wildman–Crippen LogP) is 2.32. The van der Waals surface area contributed by atoms with Crippen LogP contribution in [0.2, 0.25) is 0 Å². The lowest BCUT2D eigenvalue weighted by Crippen LogP contribution is -1.80. The molecule has 4 aromatic heterocycles. The van der Waals surface area contributed by atoms with E-state index in [2.05, 4.69) is 19.9 Å². The van der Waals surface area contributed by atoms with E-state index in [-0.39, 0.29) is 0 Å². The molecule has 0 radical (unpaired) electrons. The Hall–Kier alpha value is -2.56. The molecule has 5 heteroatoms. The number of fused-ring (bicyclic) bond motifs is 4. The van der Waals surface area contributed by atoms with E-state index in [4.69, 9.17) is 4.42 Å². The Kier molecular flexibility index (Phi) is 1.50. The Labute approximate surface area is 95.1 Å². The summed E-state index contributed by atoms with van der Waals surface area (Å²) in [5.41, 5.74) is 2.66. The number of nitrogens with zero attached hydrogens (tertiary/aromatic N) is 4. The van der Waals surface area contributed by atoms with Crippen molar-refractivity contribution in [2.45, 2.75) is 0 Å². The van der Waals surface area contributed by atoms with Gasteiger partial charge >= 0.3 is 0 Å². The monoisotopic (exact) mass is 222 g/mol. The van der Waals surface area contributed by atoms with Gasteiger partial charge in [-0.3, -0.25) is 4.98 Å². The maximum atomic E-state index is 5.56. The molecule has 0 saturated heterocycles. The average molecular weight is 222 g/mol. The number of aromatic nitrogens is 4. The summed E-state index contributed by atoms with van der Waals surface area (Å²) < 4.78 is 5.56. The van der Waals surface area contributed by atoms with Gasteiger partial charge in [0.05, 0.1) is 10.9 Å². The average Bonchev–Trinajstić information content (AvgIpc) is 2.73. The van der Waals surface area contributed by atoms with Crippen molar-refractivity contribution in [3.8, 4) is 0 Å². The van der Waals surface area contributed by atoms with Crippen molar-refractivity contribution in [2.75, 3.05) is 0 Å².